The monoisotopic (exact) mass is 234 g/mol. The lowest BCUT2D eigenvalue weighted by Crippen LogP contribution is -2.25. The lowest BCUT2D eigenvalue weighted by molar-refractivity contribution is 0.421. The molecule has 0 saturated carbocycles. The lowest BCUT2D eigenvalue weighted by atomic mass is 9.97. The third-order valence-corrected chi connectivity index (χ3v) is 3.63. The van der Waals surface area contributed by atoms with E-state index in [2.05, 4.69) is 48.6 Å². The van der Waals surface area contributed by atoms with E-state index in [1.165, 1.54) is 10.3 Å². The van der Waals surface area contributed by atoms with E-state index < -0.39 is 0 Å². The van der Waals surface area contributed by atoms with E-state index in [0.29, 0.717) is 12.0 Å². The Labute approximate surface area is 101 Å². The summed E-state index contributed by atoms with van der Waals surface area (Å²) in [6.45, 7) is 7.62. The van der Waals surface area contributed by atoms with Crippen molar-refractivity contribution >= 4 is 21.6 Å². The summed E-state index contributed by atoms with van der Waals surface area (Å²) in [4.78, 5) is 4.50. The van der Waals surface area contributed by atoms with Gasteiger partial charge in [0, 0.05) is 12.2 Å². The first kappa shape index (κ1) is 11.6. The number of hydrogen-bond donors (Lipinski definition) is 1. The van der Waals surface area contributed by atoms with Gasteiger partial charge in [-0.1, -0.05) is 20.8 Å². The van der Waals surface area contributed by atoms with Gasteiger partial charge in [0.2, 0.25) is 0 Å². The van der Waals surface area contributed by atoms with Crippen LogP contribution in [0.4, 0.5) is 0 Å². The topological polar surface area (TPSA) is 24.9 Å². The van der Waals surface area contributed by atoms with Crippen molar-refractivity contribution in [1.29, 1.82) is 0 Å². The lowest BCUT2D eigenvalue weighted by Gasteiger charge is -2.21. The average molecular weight is 234 g/mol. The molecule has 0 saturated heterocycles. The molecule has 0 aliphatic carbocycles. The molecule has 0 fully saturated rings. The fourth-order valence-electron chi connectivity index (χ4n) is 1.99. The maximum atomic E-state index is 4.50. The normalized spacial score (nSPS) is 13.5. The van der Waals surface area contributed by atoms with Gasteiger partial charge < -0.3 is 5.32 Å². The van der Waals surface area contributed by atoms with Crippen molar-refractivity contribution in [2.45, 2.75) is 26.8 Å². The number of thiophene rings is 1. The van der Waals surface area contributed by atoms with Crippen LogP contribution >= 0.6 is 11.3 Å². The Balaban J connectivity index is 2.35. The fourth-order valence-corrected chi connectivity index (χ4v) is 2.78. The average Bonchev–Trinajstić information content (AvgIpc) is 2.72. The van der Waals surface area contributed by atoms with E-state index in [4.69, 9.17) is 0 Å². The minimum Gasteiger partial charge on any atom is -0.310 e. The molecular weight excluding hydrogens is 216 g/mol. The molecule has 86 valence electrons. The molecule has 0 radical (unpaired) electrons. The SMILES string of the molecule is CCNC(c1cnc2ccsc2c1)C(C)C. The van der Waals surface area contributed by atoms with Gasteiger partial charge >= 0.3 is 0 Å². The molecule has 0 aliphatic rings. The number of aromatic nitrogens is 1. The smallest absolute Gasteiger partial charge is 0.0809 e. The minimum atomic E-state index is 0.406. The van der Waals surface area contributed by atoms with Gasteiger partial charge in [-0.3, -0.25) is 4.98 Å². The largest absolute Gasteiger partial charge is 0.310 e. The number of rotatable bonds is 4. The van der Waals surface area contributed by atoms with Crippen molar-refractivity contribution < 1.29 is 0 Å². The Hall–Kier alpha value is -0.930. The van der Waals surface area contributed by atoms with Crippen LogP contribution in [0.1, 0.15) is 32.4 Å². The summed E-state index contributed by atoms with van der Waals surface area (Å²) in [5, 5.41) is 5.62. The number of hydrogen-bond acceptors (Lipinski definition) is 3. The third kappa shape index (κ3) is 2.25. The Morgan fingerprint density at radius 3 is 2.94 bits per heavy atom. The van der Waals surface area contributed by atoms with E-state index in [1.54, 1.807) is 11.3 Å². The summed E-state index contributed by atoms with van der Waals surface area (Å²) in [6, 6.07) is 4.74. The van der Waals surface area contributed by atoms with Crippen LogP contribution in [0.2, 0.25) is 0 Å². The van der Waals surface area contributed by atoms with Crippen molar-refractivity contribution in [3.05, 3.63) is 29.3 Å². The standard InChI is InChI=1S/C13H18N2S/c1-4-14-13(9(2)3)10-7-12-11(15-8-10)5-6-16-12/h5-9,13-14H,4H2,1-3H3. The van der Waals surface area contributed by atoms with Gasteiger partial charge in [0.1, 0.15) is 0 Å². The molecule has 0 amide bonds. The van der Waals surface area contributed by atoms with Crippen LogP contribution in [-0.2, 0) is 0 Å². The Morgan fingerprint density at radius 2 is 2.25 bits per heavy atom. The Morgan fingerprint density at radius 1 is 1.44 bits per heavy atom. The van der Waals surface area contributed by atoms with E-state index in [0.717, 1.165) is 12.1 Å². The van der Waals surface area contributed by atoms with Crippen LogP contribution in [0.5, 0.6) is 0 Å². The molecule has 1 unspecified atom stereocenters. The highest BCUT2D eigenvalue weighted by Gasteiger charge is 2.15. The van der Waals surface area contributed by atoms with E-state index in [9.17, 15) is 0 Å². The highest BCUT2D eigenvalue weighted by atomic mass is 32.1. The summed E-state index contributed by atoms with van der Waals surface area (Å²) in [7, 11) is 0. The molecular formula is C13H18N2S. The van der Waals surface area contributed by atoms with Crippen LogP contribution in [0.3, 0.4) is 0 Å². The van der Waals surface area contributed by atoms with Gasteiger partial charge in [-0.25, -0.2) is 0 Å². The highest BCUT2D eigenvalue weighted by molar-refractivity contribution is 7.17. The van der Waals surface area contributed by atoms with Crippen LogP contribution in [0, 0.1) is 5.92 Å². The summed E-state index contributed by atoms with van der Waals surface area (Å²) in [5.74, 6) is 0.583. The molecule has 16 heavy (non-hydrogen) atoms. The second kappa shape index (κ2) is 4.93. The first-order valence-corrected chi connectivity index (χ1v) is 6.67. The minimum absolute atomic E-state index is 0.406. The number of nitrogens with one attached hydrogen (secondary N) is 1. The van der Waals surface area contributed by atoms with Crippen LogP contribution < -0.4 is 5.32 Å². The first-order chi connectivity index (χ1) is 7.72. The van der Waals surface area contributed by atoms with Crippen LogP contribution in [0.15, 0.2) is 23.7 Å². The molecule has 0 bridgehead atoms. The molecule has 0 aromatic carbocycles. The van der Waals surface area contributed by atoms with Crippen molar-refractivity contribution in [2.75, 3.05) is 6.54 Å². The summed E-state index contributed by atoms with van der Waals surface area (Å²) in [6.07, 6.45) is 2.00. The van der Waals surface area contributed by atoms with Gasteiger partial charge in [0.15, 0.2) is 0 Å². The zero-order valence-electron chi connectivity index (χ0n) is 10.0. The zero-order valence-corrected chi connectivity index (χ0v) is 10.8. The van der Waals surface area contributed by atoms with E-state index >= 15 is 0 Å². The summed E-state index contributed by atoms with van der Waals surface area (Å²) >= 11 is 1.76. The Bertz CT molecular complexity index is 462. The van der Waals surface area contributed by atoms with Crippen molar-refractivity contribution in [3.63, 3.8) is 0 Å². The third-order valence-electron chi connectivity index (χ3n) is 2.77. The van der Waals surface area contributed by atoms with Crippen molar-refractivity contribution in [2.24, 2.45) is 5.92 Å². The van der Waals surface area contributed by atoms with Gasteiger partial charge in [-0.05, 0) is 35.5 Å². The summed E-state index contributed by atoms with van der Waals surface area (Å²) < 4.78 is 1.28. The molecule has 2 heterocycles. The fraction of sp³-hybridized carbons (Fsp3) is 0.462. The predicted molar refractivity (Wildman–Crippen MR) is 70.9 cm³/mol. The predicted octanol–water partition coefficient (Wildman–Crippen LogP) is 3.60. The van der Waals surface area contributed by atoms with Gasteiger partial charge in [0.25, 0.3) is 0 Å². The van der Waals surface area contributed by atoms with Crippen molar-refractivity contribution in [1.82, 2.24) is 10.3 Å². The van der Waals surface area contributed by atoms with E-state index in [1.807, 2.05) is 6.20 Å². The number of pyridine rings is 1. The quantitative estimate of drug-likeness (QED) is 0.874. The maximum absolute atomic E-state index is 4.50. The second-order valence-electron chi connectivity index (χ2n) is 4.35. The number of nitrogens with zero attached hydrogens (tertiary/aromatic N) is 1. The molecule has 0 aliphatic heterocycles. The van der Waals surface area contributed by atoms with Crippen molar-refractivity contribution in [3.8, 4) is 0 Å². The van der Waals surface area contributed by atoms with Crippen LogP contribution in [-0.4, -0.2) is 11.5 Å². The second-order valence-corrected chi connectivity index (χ2v) is 5.30. The Kier molecular flexibility index (Phi) is 3.56. The molecule has 3 heteroatoms. The number of fused-ring (bicyclic) bond motifs is 1. The molecule has 2 nitrogen and oxygen atoms in total. The molecule has 2 aromatic heterocycles. The molecule has 2 aromatic rings. The molecule has 2 rings (SSSR count). The maximum Gasteiger partial charge on any atom is 0.0809 e. The highest BCUT2D eigenvalue weighted by Crippen LogP contribution is 2.26. The molecule has 0 spiro atoms. The van der Waals surface area contributed by atoms with Gasteiger partial charge in [-0.2, -0.15) is 0 Å². The van der Waals surface area contributed by atoms with E-state index in [-0.39, 0.29) is 0 Å². The van der Waals surface area contributed by atoms with Gasteiger partial charge in [0.05, 0.1) is 10.2 Å². The van der Waals surface area contributed by atoms with Gasteiger partial charge in [-0.15, -0.1) is 11.3 Å². The summed E-state index contributed by atoms with van der Waals surface area (Å²) in [5.41, 5.74) is 2.40. The first-order valence-electron chi connectivity index (χ1n) is 5.79. The zero-order chi connectivity index (χ0) is 11.5. The molecule has 1 atom stereocenters. The molecule has 1 N–H and O–H groups in total. The van der Waals surface area contributed by atoms with Crippen LogP contribution in [0.25, 0.3) is 10.2 Å².